The zero-order valence-corrected chi connectivity index (χ0v) is 16.6. The van der Waals surface area contributed by atoms with Gasteiger partial charge < -0.3 is 25.4 Å². The molecule has 2 aromatic rings. The fourth-order valence-corrected chi connectivity index (χ4v) is 2.54. The fourth-order valence-electron chi connectivity index (χ4n) is 2.54. The van der Waals surface area contributed by atoms with Crippen molar-refractivity contribution >= 4 is 17.6 Å². The molecule has 1 amide bonds. The van der Waals surface area contributed by atoms with Crippen LogP contribution in [0.15, 0.2) is 53.5 Å². The van der Waals surface area contributed by atoms with Crippen molar-refractivity contribution in [2.24, 2.45) is 4.99 Å². The van der Waals surface area contributed by atoms with Crippen LogP contribution in [0, 0.1) is 0 Å². The molecule has 0 bridgehead atoms. The number of guanidine groups is 1. The molecule has 0 aromatic heterocycles. The molecule has 0 heterocycles. The average Bonchev–Trinajstić information content (AvgIpc) is 2.69. The van der Waals surface area contributed by atoms with Gasteiger partial charge in [0.2, 0.25) is 5.91 Å². The fraction of sp³-hybridized carbons (Fsp3) is 0.333. The Hall–Kier alpha value is -3.22. The van der Waals surface area contributed by atoms with Gasteiger partial charge in [-0.1, -0.05) is 24.3 Å². The Kier molecular flexibility index (Phi) is 8.65. The van der Waals surface area contributed by atoms with Gasteiger partial charge in [0.25, 0.3) is 0 Å². The lowest BCUT2D eigenvalue weighted by atomic mass is 10.2. The summed E-state index contributed by atoms with van der Waals surface area (Å²) in [5.74, 6) is 2.12. The molecule has 2 rings (SSSR count). The maximum absolute atomic E-state index is 11.1. The van der Waals surface area contributed by atoms with Crippen LogP contribution < -0.4 is 25.4 Å². The number of nitrogens with one attached hydrogen (secondary N) is 3. The van der Waals surface area contributed by atoms with E-state index >= 15 is 0 Å². The van der Waals surface area contributed by atoms with E-state index in [1.165, 1.54) is 6.92 Å². The third-order valence-electron chi connectivity index (χ3n) is 3.76. The van der Waals surface area contributed by atoms with Gasteiger partial charge in [-0.2, -0.15) is 0 Å². The molecule has 0 atom stereocenters. The first kappa shape index (κ1) is 21.1. The van der Waals surface area contributed by atoms with Crippen LogP contribution in [-0.4, -0.2) is 38.7 Å². The summed E-state index contributed by atoms with van der Waals surface area (Å²) in [5.41, 5.74) is 1.73. The molecular formula is C21H28N4O3. The maximum Gasteiger partial charge on any atom is 0.221 e. The van der Waals surface area contributed by atoms with Crippen LogP contribution >= 0.6 is 0 Å². The molecule has 0 fully saturated rings. The van der Waals surface area contributed by atoms with Crippen LogP contribution in [0.2, 0.25) is 0 Å². The average molecular weight is 384 g/mol. The van der Waals surface area contributed by atoms with Crippen molar-refractivity contribution in [2.45, 2.75) is 20.4 Å². The molecule has 7 nitrogen and oxygen atoms in total. The van der Waals surface area contributed by atoms with Gasteiger partial charge in [-0.15, -0.1) is 0 Å². The highest BCUT2D eigenvalue weighted by molar-refractivity contribution is 5.88. The van der Waals surface area contributed by atoms with Gasteiger partial charge in [0.05, 0.1) is 20.2 Å². The number of benzene rings is 2. The molecule has 0 unspecified atom stereocenters. The summed E-state index contributed by atoms with van der Waals surface area (Å²) < 4.78 is 11.1. The molecule has 3 N–H and O–H groups in total. The van der Waals surface area contributed by atoms with E-state index in [0.29, 0.717) is 37.1 Å². The minimum Gasteiger partial charge on any atom is -0.496 e. The lowest BCUT2D eigenvalue weighted by Gasteiger charge is -2.13. The summed E-state index contributed by atoms with van der Waals surface area (Å²) in [6, 6.07) is 15.1. The molecule has 0 saturated heterocycles. The SMILES string of the molecule is CCNC(=NCc1ccccc1OC)NCCOc1cccc(NC(C)=O)c1. The zero-order chi connectivity index (χ0) is 20.2. The third-order valence-corrected chi connectivity index (χ3v) is 3.76. The van der Waals surface area contributed by atoms with Crippen LogP contribution in [0.4, 0.5) is 5.69 Å². The van der Waals surface area contributed by atoms with Gasteiger partial charge in [0.15, 0.2) is 5.96 Å². The Morgan fingerprint density at radius 2 is 1.93 bits per heavy atom. The highest BCUT2D eigenvalue weighted by Gasteiger charge is 2.03. The van der Waals surface area contributed by atoms with Crippen molar-refractivity contribution in [3.63, 3.8) is 0 Å². The van der Waals surface area contributed by atoms with E-state index in [2.05, 4.69) is 20.9 Å². The zero-order valence-electron chi connectivity index (χ0n) is 16.6. The van der Waals surface area contributed by atoms with E-state index in [4.69, 9.17) is 9.47 Å². The molecule has 0 radical (unpaired) electrons. The van der Waals surface area contributed by atoms with Crippen LogP contribution in [-0.2, 0) is 11.3 Å². The Morgan fingerprint density at radius 3 is 2.68 bits per heavy atom. The predicted molar refractivity (Wildman–Crippen MR) is 112 cm³/mol. The van der Waals surface area contributed by atoms with Crippen molar-refractivity contribution in [3.8, 4) is 11.5 Å². The number of ether oxygens (including phenoxy) is 2. The van der Waals surface area contributed by atoms with E-state index in [1.807, 2.05) is 49.4 Å². The Morgan fingerprint density at radius 1 is 1.11 bits per heavy atom. The van der Waals surface area contributed by atoms with Crippen molar-refractivity contribution in [3.05, 3.63) is 54.1 Å². The second kappa shape index (κ2) is 11.5. The summed E-state index contributed by atoms with van der Waals surface area (Å²) in [4.78, 5) is 15.7. The molecule has 28 heavy (non-hydrogen) atoms. The summed E-state index contributed by atoms with van der Waals surface area (Å²) in [6.45, 7) is 5.81. The highest BCUT2D eigenvalue weighted by atomic mass is 16.5. The van der Waals surface area contributed by atoms with E-state index < -0.39 is 0 Å². The third kappa shape index (κ3) is 7.19. The molecule has 150 valence electrons. The summed E-state index contributed by atoms with van der Waals surface area (Å²) >= 11 is 0. The quantitative estimate of drug-likeness (QED) is 0.352. The molecule has 0 saturated carbocycles. The first-order valence-electron chi connectivity index (χ1n) is 9.27. The number of anilines is 1. The van der Waals surface area contributed by atoms with Gasteiger partial charge in [-0.25, -0.2) is 4.99 Å². The second-order valence-electron chi connectivity index (χ2n) is 5.99. The van der Waals surface area contributed by atoms with Crippen molar-refractivity contribution in [2.75, 3.05) is 32.1 Å². The lowest BCUT2D eigenvalue weighted by molar-refractivity contribution is -0.114. The van der Waals surface area contributed by atoms with Gasteiger partial charge in [0, 0.05) is 30.8 Å². The number of hydrogen-bond donors (Lipinski definition) is 3. The van der Waals surface area contributed by atoms with Crippen LogP contribution in [0.3, 0.4) is 0 Å². The summed E-state index contributed by atoms with van der Waals surface area (Å²) in [5, 5.41) is 9.20. The largest absolute Gasteiger partial charge is 0.496 e. The van der Waals surface area contributed by atoms with Crippen molar-refractivity contribution in [1.82, 2.24) is 10.6 Å². The minimum absolute atomic E-state index is 0.111. The van der Waals surface area contributed by atoms with Gasteiger partial charge in [-0.3, -0.25) is 4.79 Å². The van der Waals surface area contributed by atoms with E-state index in [9.17, 15) is 4.79 Å². The van der Waals surface area contributed by atoms with Gasteiger partial charge in [-0.05, 0) is 25.1 Å². The van der Waals surface area contributed by atoms with E-state index in [1.54, 1.807) is 13.2 Å². The number of para-hydroxylation sites is 1. The molecule has 7 heteroatoms. The first-order chi connectivity index (χ1) is 13.6. The first-order valence-corrected chi connectivity index (χ1v) is 9.27. The second-order valence-corrected chi connectivity index (χ2v) is 5.99. The summed E-state index contributed by atoms with van der Waals surface area (Å²) in [6.07, 6.45) is 0. The number of rotatable bonds is 9. The van der Waals surface area contributed by atoms with Gasteiger partial charge in [0.1, 0.15) is 18.1 Å². The Labute approximate surface area is 166 Å². The van der Waals surface area contributed by atoms with Gasteiger partial charge >= 0.3 is 0 Å². The Balaban J connectivity index is 1.85. The molecule has 2 aromatic carbocycles. The number of hydrogen-bond acceptors (Lipinski definition) is 4. The number of carbonyl (C=O) groups is 1. The molecular weight excluding hydrogens is 356 g/mol. The van der Waals surface area contributed by atoms with E-state index in [0.717, 1.165) is 17.9 Å². The Bertz CT molecular complexity index is 793. The molecule has 0 aliphatic heterocycles. The number of aliphatic imine (C=N–C) groups is 1. The van der Waals surface area contributed by atoms with Crippen molar-refractivity contribution < 1.29 is 14.3 Å². The number of nitrogens with zero attached hydrogens (tertiary/aromatic N) is 1. The normalized spacial score (nSPS) is 10.9. The number of amides is 1. The summed E-state index contributed by atoms with van der Waals surface area (Å²) in [7, 11) is 1.66. The number of methoxy groups -OCH3 is 1. The standard InChI is InChI=1S/C21H28N4O3/c1-4-22-21(24-15-17-8-5-6-11-20(17)27-3)23-12-13-28-19-10-7-9-18(14-19)25-16(2)26/h5-11,14H,4,12-13,15H2,1-3H3,(H,25,26)(H2,22,23,24). The number of carbonyl (C=O) groups excluding carboxylic acids is 1. The smallest absolute Gasteiger partial charge is 0.221 e. The van der Waals surface area contributed by atoms with Crippen LogP contribution in [0.5, 0.6) is 11.5 Å². The molecule has 0 aliphatic carbocycles. The minimum atomic E-state index is -0.111. The monoisotopic (exact) mass is 384 g/mol. The maximum atomic E-state index is 11.1. The predicted octanol–water partition coefficient (Wildman–Crippen LogP) is 2.79. The molecule has 0 aliphatic rings. The highest BCUT2D eigenvalue weighted by Crippen LogP contribution is 2.18. The topological polar surface area (TPSA) is 84.0 Å². The van der Waals surface area contributed by atoms with Crippen LogP contribution in [0.1, 0.15) is 19.4 Å². The van der Waals surface area contributed by atoms with E-state index in [-0.39, 0.29) is 5.91 Å². The molecule has 0 spiro atoms. The van der Waals surface area contributed by atoms with Crippen LogP contribution in [0.25, 0.3) is 0 Å². The van der Waals surface area contributed by atoms with Crippen molar-refractivity contribution in [1.29, 1.82) is 0 Å². The lowest BCUT2D eigenvalue weighted by Crippen LogP contribution is -2.39.